The fourth-order valence-electron chi connectivity index (χ4n) is 3.82. The van der Waals surface area contributed by atoms with E-state index >= 15 is 0 Å². The molecule has 0 bridgehead atoms. The second kappa shape index (κ2) is 8.57. The Bertz CT molecular complexity index is 787. The molecule has 0 radical (unpaired) electrons. The summed E-state index contributed by atoms with van der Waals surface area (Å²) < 4.78 is 0. The third-order valence-corrected chi connectivity index (χ3v) is 5.45. The van der Waals surface area contributed by atoms with E-state index in [9.17, 15) is 4.79 Å². The first-order chi connectivity index (χ1) is 12.9. The molecule has 1 heterocycles. The maximum atomic E-state index is 12.3. The number of carbonyl (C=O) groups is 1. The summed E-state index contributed by atoms with van der Waals surface area (Å²) in [6.07, 6.45) is 0.538. The second-order valence-electron chi connectivity index (χ2n) is 7.72. The molecule has 144 valence electrons. The van der Waals surface area contributed by atoms with Crippen LogP contribution in [0.1, 0.15) is 28.7 Å². The molecule has 0 aliphatic carbocycles. The SMILES string of the molecule is Cc1cc(C)cc(NC(=O)CCN2CCN(c3cccc(C)c3C)CC2)c1. The Morgan fingerprint density at radius 1 is 0.963 bits per heavy atom. The summed E-state index contributed by atoms with van der Waals surface area (Å²) in [5.74, 6) is 0.0944. The molecular formula is C23H31N3O. The normalized spacial score (nSPS) is 15.0. The van der Waals surface area contributed by atoms with Crippen molar-refractivity contribution in [1.29, 1.82) is 0 Å². The van der Waals surface area contributed by atoms with Gasteiger partial charge in [-0.2, -0.15) is 0 Å². The summed E-state index contributed by atoms with van der Waals surface area (Å²) in [5, 5.41) is 3.04. The molecule has 4 heteroatoms. The number of rotatable bonds is 5. The van der Waals surface area contributed by atoms with Crippen LogP contribution >= 0.6 is 0 Å². The number of amides is 1. The zero-order valence-electron chi connectivity index (χ0n) is 17.0. The molecule has 1 fully saturated rings. The van der Waals surface area contributed by atoms with Crippen LogP contribution < -0.4 is 10.2 Å². The van der Waals surface area contributed by atoms with Crippen LogP contribution in [0.4, 0.5) is 11.4 Å². The van der Waals surface area contributed by atoms with Crippen molar-refractivity contribution in [1.82, 2.24) is 4.90 Å². The third-order valence-electron chi connectivity index (χ3n) is 5.45. The van der Waals surface area contributed by atoms with Crippen LogP contribution in [0.2, 0.25) is 0 Å². The van der Waals surface area contributed by atoms with Gasteiger partial charge in [-0.15, -0.1) is 0 Å². The van der Waals surface area contributed by atoms with Crippen LogP contribution in [0.25, 0.3) is 0 Å². The molecule has 27 heavy (non-hydrogen) atoms. The summed E-state index contributed by atoms with van der Waals surface area (Å²) in [4.78, 5) is 17.2. The average Bonchev–Trinajstić information content (AvgIpc) is 2.62. The van der Waals surface area contributed by atoms with Gasteiger partial charge in [0, 0.05) is 50.5 Å². The van der Waals surface area contributed by atoms with E-state index in [1.54, 1.807) is 0 Å². The first-order valence-electron chi connectivity index (χ1n) is 9.84. The molecule has 0 unspecified atom stereocenters. The summed E-state index contributed by atoms with van der Waals surface area (Å²) in [5.41, 5.74) is 7.32. The largest absolute Gasteiger partial charge is 0.369 e. The molecule has 0 aromatic heterocycles. The molecule has 2 aromatic carbocycles. The van der Waals surface area contributed by atoms with Crippen molar-refractivity contribution in [2.24, 2.45) is 0 Å². The van der Waals surface area contributed by atoms with E-state index in [4.69, 9.17) is 0 Å². The van der Waals surface area contributed by atoms with Gasteiger partial charge in [-0.1, -0.05) is 18.2 Å². The van der Waals surface area contributed by atoms with E-state index in [0.29, 0.717) is 6.42 Å². The Morgan fingerprint density at radius 3 is 2.30 bits per heavy atom. The summed E-state index contributed by atoms with van der Waals surface area (Å²) in [6.45, 7) is 13.3. The van der Waals surface area contributed by atoms with Crippen LogP contribution in [0.5, 0.6) is 0 Å². The van der Waals surface area contributed by atoms with Gasteiger partial charge in [-0.05, 0) is 68.1 Å². The first-order valence-corrected chi connectivity index (χ1v) is 9.84. The minimum Gasteiger partial charge on any atom is -0.369 e. The number of nitrogens with zero attached hydrogens (tertiary/aromatic N) is 2. The lowest BCUT2D eigenvalue weighted by molar-refractivity contribution is -0.116. The van der Waals surface area contributed by atoms with E-state index in [1.165, 1.54) is 27.9 Å². The highest BCUT2D eigenvalue weighted by Gasteiger charge is 2.19. The van der Waals surface area contributed by atoms with Crippen LogP contribution in [0.3, 0.4) is 0 Å². The lowest BCUT2D eigenvalue weighted by Gasteiger charge is -2.37. The van der Waals surface area contributed by atoms with Crippen molar-refractivity contribution < 1.29 is 4.79 Å². The van der Waals surface area contributed by atoms with Crippen molar-refractivity contribution in [3.63, 3.8) is 0 Å². The smallest absolute Gasteiger partial charge is 0.225 e. The number of carbonyl (C=O) groups excluding carboxylic acids is 1. The van der Waals surface area contributed by atoms with E-state index in [1.807, 2.05) is 12.1 Å². The van der Waals surface area contributed by atoms with Gasteiger partial charge in [0.05, 0.1) is 0 Å². The monoisotopic (exact) mass is 365 g/mol. The lowest BCUT2D eigenvalue weighted by Crippen LogP contribution is -2.47. The lowest BCUT2D eigenvalue weighted by atomic mass is 10.1. The number of anilines is 2. The standard InChI is InChI=1S/C23H31N3O/c1-17-14-18(2)16-21(15-17)24-23(27)8-9-25-10-12-26(13-11-25)22-7-5-6-19(3)20(22)4/h5-7,14-16H,8-13H2,1-4H3,(H,24,27). The molecule has 0 atom stereocenters. The molecule has 3 rings (SSSR count). The molecule has 0 saturated carbocycles. The number of piperazine rings is 1. The van der Waals surface area contributed by atoms with Crippen molar-refractivity contribution in [2.45, 2.75) is 34.1 Å². The molecule has 1 amide bonds. The first kappa shape index (κ1) is 19.4. The molecule has 2 aromatic rings. The Kier molecular flexibility index (Phi) is 6.17. The summed E-state index contributed by atoms with van der Waals surface area (Å²) >= 11 is 0. The van der Waals surface area contributed by atoms with Crippen LogP contribution in [0.15, 0.2) is 36.4 Å². The molecule has 0 spiro atoms. The number of hydrogen-bond donors (Lipinski definition) is 1. The summed E-state index contributed by atoms with van der Waals surface area (Å²) in [6, 6.07) is 12.7. The van der Waals surface area contributed by atoms with Crippen LogP contribution in [-0.2, 0) is 4.79 Å². The van der Waals surface area contributed by atoms with Crippen LogP contribution in [-0.4, -0.2) is 43.5 Å². The van der Waals surface area contributed by atoms with Gasteiger partial charge in [0.25, 0.3) is 0 Å². The Labute approximate surface area is 163 Å². The van der Waals surface area contributed by atoms with Gasteiger partial charge < -0.3 is 10.2 Å². The Morgan fingerprint density at radius 2 is 1.63 bits per heavy atom. The third kappa shape index (κ3) is 5.10. The predicted octanol–water partition coefficient (Wildman–Crippen LogP) is 4.07. The molecule has 1 N–H and O–H groups in total. The minimum absolute atomic E-state index is 0.0944. The minimum atomic E-state index is 0.0944. The van der Waals surface area contributed by atoms with Crippen molar-refractivity contribution in [3.05, 3.63) is 58.7 Å². The van der Waals surface area contributed by atoms with Crippen molar-refractivity contribution in [2.75, 3.05) is 42.9 Å². The van der Waals surface area contributed by atoms with Gasteiger partial charge in [-0.25, -0.2) is 0 Å². The van der Waals surface area contributed by atoms with Gasteiger partial charge in [0.15, 0.2) is 0 Å². The van der Waals surface area contributed by atoms with E-state index in [2.05, 4.69) is 67.1 Å². The van der Waals surface area contributed by atoms with Crippen molar-refractivity contribution >= 4 is 17.3 Å². The molecule has 1 saturated heterocycles. The van der Waals surface area contributed by atoms with E-state index in [0.717, 1.165) is 38.4 Å². The van der Waals surface area contributed by atoms with Gasteiger partial charge in [-0.3, -0.25) is 9.69 Å². The van der Waals surface area contributed by atoms with Gasteiger partial charge in [0.2, 0.25) is 5.91 Å². The molecular weight excluding hydrogens is 334 g/mol. The maximum Gasteiger partial charge on any atom is 0.225 e. The van der Waals surface area contributed by atoms with Gasteiger partial charge in [0.1, 0.15) is 0 Å². The average molecular weight is 366 g/mol. The summed E-state index contributed by atoms with van der Waals surface area (Å²) in [7, 11) is 0. The number of nitrogens with one attached hydrogen (secondary N) is 1. The molecule has 1 aliphatic heterocycles. The zero-order chi connectivity index (χ0) is 19.4. The van der Waals surface area contributed by atoms with Crippen LogP contribution in [0, 0.1) is 27.7 Å². The zero-order valence-corrected chi connectivity index (χ0v) is 17.0. The Hall–Kier alpha value is -2.33. The maximum absolute atomic E-state index is 12.3. The molecule has 4 nitrogen and oxygen atoms in total. The predicted molar refractivity (Wildman–Crippen MR) is 114 cm³/mol. The fourth-order valence-corrected chi connectivity index (χ4v) is 3.82. The Balaban J connectivity index is 1.46. The fraction of sp³-hybridized carbons (Fsp3) is 0.435. The topological polar surface area (TPSA) is 35.6 Å². The van der Waals surface area contributed by atoms with Crippen molar-refractivity contribution in [3.8, 4) is 0 Å². The quantitative estimate of drug-likeness (QED) is 0.867. The molecule has 1 aliphatic rings. The highest BCUT2D eigenvalue weighted by molar-refractivity contribution is 5.91. The second-order valence-corrected chi connectivity index (χ2v) is 7.72. The van der Waals surface area contributed by atoms with E-state index < -0.39 is 0 Å². The number of aryl methyl sites for hydroxylation is 3. The number of hydrogen-bond acceptors (Lipinski definition) is 3. The van der Waals surface area contributed by atoms with E-state index in [-0.39, 0.29) is 5.91 Å². The van der Waals surface area contributed by atoms with Gasteiger partial charge >= 0.3 is 0 Å². The number of benzene rings is 2. The highest BCUT2D eigenvalue weighted by atomic mass is 16.1. The highest BCUT2D eigenvalue weighted by Crippen LogP contribution is 2.24.